The molecule has 2 aromatic carbocycles. The largest absolute Gasteiger partial charge is 0.464 e. The third-order valence-corrected chi connectivity index (χ3v) is 10.5. The van der Waals surface area contributed by atoms with Gasteiger partial charge in [-0.15, -0.1) is 0 Å². The van der Waals surface area contributed by atoms with E-state index in [0.717, 1.165) is 6.26 Å². The van der Waals surface area contributed by atoms with Gasteiger partial charge in [-0.3, -0.25) is 4.90 Å². The van der Waals surface area contributed by atoms with Gasteiger partial charge in [0.25, 0.3) is 0 Å². The summed E-state index contributed by atoms with van der Waals surface area (Å²) in [6, 6.07) is 10.7. The Hall–Kier alpha value is -4.86. The summed E-state index contributed by atoms with van der Waals surface area (Å²) < 4.78 is 86.3. The highest BCUT2D eigenvalue weighted by atomic mass is 32.2. The van der Waals surface area contributed by atoms with Crippen molar-refractivity contribution in [2.75, 3.05) is 43.1 Å². The predicted molar refractivity (Wildman–Crippen MR) is 197 cm³/mol. The summed E-state index contributed by atoms with van der Waals surface area (Å²) in [5, 5.41) is 0. The van der Waals surface area contributed by atoms with E-state index in [1.54, 1.807) is 52.8 Å². The van der Waals surface area contributed by atoms with Crippen LogP contribution in [0, 0.1) is 5.41 Å². The fourth-order valence-corrected chi connectivity index (χ4v) is 7.59. The first-order valence-corrected chi connectivity index (χ1v) is 19.5. The molecule has 54 heavy (non-hydrogen) atoms. The fourth-order valence-electron chi connectivity index (χ4n) is 6.92. The van der Waals surface area contributed by atoms with E-state index in [2.05, 4.69) is 9.97 Å². The third kappa shape index (κ3) is 9.43. The number of sulfone groups is 1. The Balaban J connectivity index is 1.43. The maximum atomic E-state index is 15.0. The molecule has 3 aromatic rings. The Morgan fingerprint density at radius 3 is 2.39 bits per heavy atom. The number of nitrogen functional groups attached to an aromatic ring is 1. The molecule has 2 atom stereocenters. The van der Waals surface area contributed by atoms with Crippen LogP contribution >= 0.6 is 0 Å². The number of rotatable bonds is 9. The zero-order valence-corrected chi connectivity index (χ0v) is 32.0. The van der Waals surface area contributed by atoms with Gasteiger partial charge in [-0.05, 0) is 94.2 Å². The second-order valence-corrected chi connectivity index (χ2v) is 16.7. The van der Waals surface area contributed by atoms with E-state index < -0.39 is 57.1 Å². The summed E-state index contributed by atoms with van der Waals surface area (Å²) in [4.78, 5) is 37.7. The van der Waals surface area contributed by atoms with Crippen LogP contribution in [0.15, 0.2) is 59.5 Å². The van der Waals surface area contributed by atoms with Gasteiger partial charge in [-0.2, -0.15) is 23.1 Å². The van der Waals surface area contributed by atoms with Crippen LogP contribution in [0.5, 0.6) is 5.88 Å². The van der Waals surface area contributed by atoms with Gasteiger partial charge >= 0.3 is 18.2 Å². The van der Waals surface area contributed by atoms with Crippen molar-refractivity contribution in [3.63, 3.8) is 0 Å². The highest BCUT2D eigenvalue weighted by Gasteiger charge is 2.51. The topological polar surface area (TPSA) is 154 Å². The van der Waals surface area contributed by atoms with Crippen molar-refractivity contribution in [3.05, 3.63) is 65.7 Å². The summed E-state index contributed by atoms with van der Waals surface area (Å²) in [6.45, 7) is 9.88. The number of amides is 1. The lowest BCUT2D eigenvalue weighted by Gasteiger charge is -2.39. The molecule has 2 aliphatic rings. The number of nitrogens with zero attached hydrogens (tertiary/aromatic N) is 4. The summed E-state index contributed by atoms with van der Waals surface area (Å²) in [5.74, 6) is -0.964. The molecular formula is C38H46F3N5O7S. The minimum atomic E-state index is -4.94. The highest BCUT2D eigenvalue weighted by molar-refractivity contribution is 7.90. The zero-order chi connectivity index (χ0) is 39.6. The molecule has 3 heterocycles. The number of benzene rings is 2. The molecule has 16 heteroatoms. The molecule has 2 fully saturated rings. The van der Waals surface area contributed by atoms with E-state index in [9.17, 15) is 18.0 Å². The highest BCUT2D eigenvalue weighted by Crippen LogP contribution is 2.46. The number of alkyl halides is 3. The SMILES string of the molecule is CC=Cc1ccc(-c2cccc(S(C)(=O)=O)c2)c(C(Oc2cc(N3CCC4(CC3)C[C@@H](C(=O)OCC)N(C(=O)OC(C)(C)C)C4)nc(N)n2)C(F)(F)F)c1. The zero-order valence-electron chi connectivity index (χ0n) is 31.1. The molecule has 1 amide bonds. The molecular weight excluding hydrogens is 728 g/mol. The number of ether oxygens (including phenoxy) is 3. The maximum Gasteiger partial charge on any atom is 0.429 e. The van der Waals surface area contributed by atoms with Gasteiger partial charge < -0.3 is 24.8 Å². The van der Waals surface area contributed by atoms with Crippen LogP contribution in [-0.4, -0.2) is 85.7 Å². The number of hydrogen-bond donors (Lipinski definition) is 1. The number of aromatic nitrogens is 2. The molecule has 0 radical (unpaired) electrons. The standard InChI is InChI=1S/C38H46F3N5O7S/c1-7-10-24-13-14-27(25-11-9-12-26(20-25)54(6,49)50)28(19-24)32(38(39,40)41)52-31-21-30(43-34(42)44-31)45-17-15-37(16-18-45)22-29(33(47)51-8-2)46(23-37)35(48)53-36(3,4)5/h7,9-14,19-21,29,32H,8,15-18,22-23H2,1-6H3,(H2,42,43,44)/t29-,32?/m0/s1. The van der Waals surface area contributed by atoms with Crippen molar-refractivity contribution >= 4 is 39.7 Å². The van der Waals surface area contributed by atoms with Crippen molar-refractivity contribution < 1.29 is 45.4 Å². The maximum absolute atomic E-state index is 15.0. The van der Waals surface area contributed by atoms with Crippen molar-refractivity contribution in [3.8, 4) is 17.0 Å². The monoisotopic (exact) mass is 773 g/mol. The van der Waals surface area contributed by atoms with Gasteiger partial charge in [0, 0.05) is 37.5 Å². The summed E-state index contributed by atoms with van der Waals surface area (Å²) >= 11 is 0. The molecule has 2 N–H and O–H groups in total. The third-order valence-electron chi connectivity index (χ3n) is 9.38. The number of hydrogen-bond acceptors (Lipinski definition) is 11. The minimum absolute atomic E-state index is 0.0453. The second kappa shape index (κ2) is 15.5. The van der Waals surface area contributed by atoms with Crippen LogP contribution < -0.4 is 15.4 Å². The van der Waals surface area contributed by atoms with Crippen molar-refractivity contribution in [2.24, 2.45) is 5.41 Å². The summed E-state index contributed by atoms with van der Waals surface area (Å²) in [5.41, 5.74) is 5.43. The molecule has 1 aromatic heterocycles. The van der Waals surface area contributed by atoms with E-state index in [0.29, 0.717) is 37.9 Å². The Kier molecular flexibility index (Phi) is 11.6. The van der Waals surface area contributed by atoms with Gasteiger partial charge in [0.1, 0.15) is 17.5 Å². The first kappa shape index (κ1) is 40.3. The fraction of sp³-hybridized carbons (Fsp3) is 0.474. The number of piperidine rings is 1. The quantitative estimate of drug-likeness (QED) is 0.224. The van der Waals surface area contributed by atoms with E-state index in [1.165, 1.54) is 47.4 Å². The number of allylic oxidation sites excluding steroid dienone is 1. The van der Waals surface area contributed by atoms with Gasteiger partial charge in [0.2, 0.25) is 17.9 Å². The molecule has 1 spiro atoms. The van der Waals surface area contributed by atoms with Crippen molar-refractivity contribution in [1.29, 1.82) is 0 Å². The number of carbonyl (C=O) groups is 2. The average molecular weight is 774 g/mol. The Morgan fingerprint density at radius 1 is 1.07 bits per heavy atom. The molecule has 5 rings (SSSR count). The molecule has 0 saturated carbocycles. The normalized spacial score (nSPS) is 18.2. The van der Waals surface area contributed by atoms with Crippen LogP contribution in [0.2, 0.25) is 0 Å². The first-order valence-electron chi connectivity index (χ1n) is 17.6. The minimum Gasteiger partial charge on any atom is -0.464 e. The summed E-state index contributed by atoms with van der Waals surface area (Å²) in [6.07, 6.45) is -2.29. The number of anilines is 2. The van der Waals surface area contributed by atoms with Crippen LogP contribution in [0.25, 0.3) is 17.2 Å². The summed E-state index contributed by atoms with van der Waals surface area (Å²) in [7, 11) is -3.65. The average Bonchev–Trinajstić information content (AvgIpc) is 3.45. The smallest absolute Gasteiger partial charge is 0.429 e. The van der Waals surface area contributed by atoms with Gasteiger partial charge in [-0.1, -0.05) is 36.4 Å². The van der Waals surface area contributed by atoms with Crippen LogP contribution in [-0.2, 0) is 24.1 Å². The number of nitrogens with two attached hydrogens (primary N) is 1. The second-order valence-electron chi connectivity index (χ2n) is 14.7. The Morgan fingerprint density at radius 2 is 1.78 bits per heavy atom. The van der Waals surface area contributed by atoms with E-state index >= 15 is 13.2 Å². The molecule has 0 bridgehead atoms. The Bertz CT molecular complexity index is 2010. The van der Waals surface area contributed by atoms with Gasteiger partial charge in [0.05, 0.1) is 11.5 Å². The lowest BCUT2D eigenvalue weighted by Crippen LogP contribution is -2.45. The molecule has 12 nitrogen and oxygen atoms in total. The van der Waals surface area contributed by atoms with Crippen molar-refractivity contribution in [2.45, 2.75) is 82.7 Å². The predicted octanol–water partition coefficient (Wildman–Crippen LogP) is 7.00. The Labute approximate surface area is 313 Å². The lowest BCUT2D eigenvalue weighted by molar-refractivity contribution is -0.198. The number of esters is 1. The van der Waals surface area contributed by atoms with Gasteiger partial charge in [0.15, 0.2) is 9.84 Å². The number of halogens is 3. The van der Waals surface area contributed by atoms with E-state index in [4.69, 9.17) is 19.9 Å². The van der Waals surface area contributed by atoms with E-state index in [1.807, 2.05) is 4.90 Å². The van der Waals surface area contributed by atoms with Crippen LogP contribution in [0.1, 0.15) is 71.1 Å². The van der Waals surface area contributed by atoms with E-state index in [-0.39, 0.29) is 46.5 Å². The van der Waals surface area contributed by atoms with Gasteiger partial charge in [-0.25, -0.2) is 18.0 Å². The number of carbonyl (C=O) groups excluding carboxylic acids is 2. The van der Waals surface area contributed by atoms with Crippen molar-refractivity contribution in [1.82, 2.24) is 14.9 Å². The van der Waals surface area contributed by atoms with Crippen LogP contribution in [0.4, 0.5) is 29.7 Å². The molecule has 2 saturated heterocycles. The molecule has 1 unspecified atom stereocenters. The molecule has 292 valence electrons. The molecule has 0 aliphatic carbocycles. The molecule has 2 aliphatic heterocycles. The van der Waals surface area contributed by atoms with Crippen LogP contribution in [0.3, 0.4) is 0 Å². The first-order chi connectivity index (χ1) is 25.2. The lowest BCUT2D eigenvalue weighted by atomic mass is 9.76. The number of likely N-dealkylation sites (tertiary alicyclic amines) is 1.